The molecule has 0 amide bonds. The molecule has 0 fully saturated rings. The van der Waals surface area contributed by atoms with Gasteiger partial charge in [-0.25, -0.2) is 0 Å². The Kier molecular flexibility index (Phi) is 15.3. The lowest BCUT2D eigenvalue weighted by molar-refractivity contribution is -0.906. The van der Waals surface area contributed by atoms with Gasteiger partial charge in [-0.05, 0) is 27.7 Å². The summed E-state index contributed by atoms with van der Waals surface area (Å²) in [5.41, 5.74) is 0. The zero-order valence-electron chi connectivity index (χ0n) is 17.2. The van der Waals surface area contributed by atoms with Crippen molar-refractivity contribution in [3.05, 3.63) is 12.1 Å². The number of halogens is 2. The van der Waals surface area contributed by atoms with Gasteiger partial charge in [0.2, 0.25) is 11.8 Å². The fraction of sp³-hybridized carbons (Fsp3) is 0.778. The molecule has 0 aromatic carbocycles. The first-order valence-corrected chi connectivity index (χ1v) is 9.16. The minimum Gasteiger partial charge on any atom is -1.00 e. The summed E-state index contributed by atoms with van der Waals surface area (Å²) in [4.78, 5) is 0. The van der Waals surface area contributed by atoms with Crippen LogP contribution in [0.4, 0.5) is 0 Å². The number of rotatable bonds is 12. The molecular weight excluding hydrogens is 558 g/mol. The summed E-state index contributed by atoms with van der Waals surface area (Å²) in [6.45, 7) is 16.5. The second-order valence-electron chi connectivity index (χ2n) is 6.86. The Balaban J connectivity index is 0. The van der Waals surface area contributed by atoms with Crippen molar-refractivity contribution in [2.24, 2.45) is 0 Å². The van der Waals surface area contributed by atoms with Gasteiger partial charge in [-0.1, -0.05) is 0 Å². The lowest BCUT2D eigenvalue weighted by atomic mass is 10.4. The largest absolute Gasteiger partial charge is 1.00 e. The molecule has 0 aliphatic heterocycles. The highest BCUT2D eigenvalue weighted by atomic mass is 127. The van der Waals surface area contributed by atoms with Gasteiger partial charge in [0.1, 0.15) is 26.3 Å². The number of likely N-dealkylation sites (N-methyl/N-ethyl adjacent to an activating group) is 2. The molecule has 8 heteroatoms. The van der Waals surface area contributed by atoms with Crippen LogP contribution in [0, 0.1) is 0 Å². The van der Waals surface area contributed by atoms with Gasteiger partial charge in [0.15, 0.2) is 0 Å². The van der Waals surface area contributed by atoms with Gasteiger partial charge < -0.3 is 66.4 Å². The van der Waals surface area contributed by atoms with Crippen molar-refractivity contribution >= 4 is 0 Å². The Bertz CT molecular complexity index is 424. The zero-order valence-corrected chi connectivity index (χ0v) is 21.5. The Hall–Kier alpha value is 0.0600. The van der Waals surface area contributed by atoms with Crippen LogP contribution in [-0.4, -0.2) is 85.7 Å². The lowest BCUT2D eigenvalue weighted by Gasteiger charge is -2.31. The first-order valence-electron chi connectivity index (χ1n) is 9.16. The van der Waals surface area contributed by atoms with Crippen LogP contribution in [0.5, 0.6) is 11.8 Å². The maximum atomic E-state index is 5.71. The maximum absolute atomic E-state index is 5.71. The first-order chi connectivity index (χ1) is 11.4. The van der Waals surface area contributed by atoms with Gasteiger partial charge >= 0.3 is 0 Å². The number of hydrogen-bond donors (Lipinski definition) is 0. The average molecular weight is 594 g/mol. The van der Waals surface area contributed by atoms with E-state index in [2.05, 4.69) is 52.0 Å². The molecule has 0 aliphatic rings. The summed E-state index contributed by atoms with van der Waals surface area (Å²) >= 11 is 0. The molecule has 26 heavy (non-hydrogen) atoms. The molecule has 1 aromatic heterocycles. The highest BCUT2D eigenvalue weighted by Crippen LogP contribution is 2.11. The lowest BCUT2D eigenvalue weighted by Crippen LogP contribution is -3.00. The minimum atomic E-state index is 0. The van der Waals surface area contributed by atoms with Crippen LogP contribution in [0.3, 0.4) is 0 Å². The van der Waals surface area contributed by atoms with Gasteiger partial charge in [0, 0.05) is 12.1 Å². The van der Waals surface area contributed by atoms with E-state index in [1.807, 2.05) is 12.1 Å². The SMILES string of the molecule is CC[N+](C)(CC)CCOc1ccc(OCC[N+](C)(CC)CC)nn1.[I-].[I-]. The number of aromatic nitrogens is 2. The third kappa shape index (κ3) is 9.84. The molecule has 0 N–H and O–H groups in total. The van der Waals surface area contributed by atoms with Crippen molar-refractivity contribution in [3.8, 4) is 11.8 Å². The molecule has 154 valence electrons. The number of hydrogen-bond acceptors (Lipinski definition) is 4. The van der Waals surface area contributed by atoms with E-state index in [0.29, 0.717) is 25.0 Å². The molecule has 1 heterocycles. The summed E-state index contributed by atoms with van der Waals surface area (Å²) in [5, 5.41) is 8.19. The molecule has 0 atom stereocenters. The summed E-state index contributed by atoms with van der Waals surface area (Å²) < 4.78 is 13.4. The molecule has 0 saturated carbocycles. The summed E-state index contributed by atoms with van der Waals surface area (Å²) in [6.07, 6.45) is 0. The third-order valence-electron chi connectivity index (χ3n) is 5.43. The normalized spacial score (nSPS) is 11.3. The Labute approximate surface area is 193 Å². The minimum absolute atomic E-state index is 0. The van der Waals surface area contributed by atoms with Crippen molar-refractivity contribution in [2.45, 2.75) is 27.7 Å². The van der Waals surface area contributed by atoms with Crippen LogP contribution in [0.1, 0.15) is 27.7 Å². The van der Waals surface area contributed by atoms with E-state index < -0.39 is 0 Å². The van der Waals surface area contributed by atoms with Gasteiger partial charge in [0.05, 0.1) is 40.3 Å². The highest BCUT2D eigenvalue weighted by Gasteiger charge is 2.17. The van der Waals surface area contributed by atoms with E-state index in [4.69, 9.17) is 9.47 Å². The van der Waals surface area contributed by atoms with Crippen molar-refractivity contribution in [1.82, 2.24) is 10.2 Å². The summed E-state index contributed by atoms with van der Waals surface area (Å²) in [6, 6.07) is 3.66. The van der Waals surface area contributed by atoms with Crippen molar-refractivity contribution in [2.75, 3.05) is 66.6 Å². The van der Waals surface area contributed by atoms with Crippen LogP contribution < -0.4 is 57.4 Å². The maximum Gasteiger partial charge on any atom is 0.233 e. The molecule has 0 spiro atoms. The fourth-order valence-electron chi connectivity index (χ4n) is 2.28. The van der Waals surface area contributed by atoms with Crippen LogP contribution in [0.15, 0.2) is 12.1 Å². The molecular formula is C18H36I2N4O2. The van der Waals surface area contributed by atoms with E-state index >= 15 is 0 Å². The monoisotopic (exact) mass is 594 g/mol. The molecule has 0 unspecified atom stereocenters. The fourth-order valence-corrected chi connectivity index (χ4v) is 2.28. The van der Waals surface area contributed by atoms with E-state index in [1.165, 1.54) is 0 Å². The third-order valence-corrected chi connectivity index (χ3v) is 5.43. The quantitative estimate of drug-likeness (QED) is 0.184. The Morgan fingerprint density at radius 3 is 1.23 bits per heavy atom. The van der Waals surface area contributed by atoms with E-state index in [9.17, 15) is 0 Å². The molecule has 0 aliphatic carbocycles. The van der Waals surface area contributed by atoms with Crippen LogP contribution in [0.2, 0.25) is 0 Å². The second kappa shape index (κ2) is 14.1. The average Bonchev–Trinajstić information content (AvgIpc) is 2.62. The molecule has 0 bridgehead atoms. The van der Waals surface area contributed by atoms with Crippen LogP contribution in [-0.2, 0) is 0 Å². The topological polar surface area (TPSA) is 44.2 Å². The second-order valence-corrected chi connectivity index (χ2v) is 6.86. The molecule has 0 radical (unpaired) electrons. The van der Waals surface area contributed by atoms with Gasteiger partial charge in [-0.3, -0.25) is 0 Å². The van der Waals surface area contributed by atoms with Gasteiger partial charge in [-0.2, -0.15) is 0 Å². The smallest absolute Gasteiger partial charge is 0.233 e. The molecule has 6 nitrogen and oxygen atoms in total. The summed E-state index contributed by atoms with van der Waals surface area (Å²) in [7, 11) is 4.48. The van der Waals surface area contributed by atoms with Crippen LogP contribution in [0.25, 0.3) is 0 Å². The Morgan fingerprint density at radius 2 is 1.00 bits per heavy atom. The van der Waals surface area contributed by atoms with E-state index in [-0.39, 0.29) is 48.0 Å². The van der Waals surface area contributed by atoms with Crippen LogP contribution >= 0.6 is 0 Å². The van der Waals surface area contributed by atoms with Crippen molar-refractivity contribution in [1.29, 1.82) is 0 Å². The standard InChI is InChI=1S/C18H36N4O2.2HI/c1-7-21(5,8-2)13-15-23-17-11-12-18(20-19-17)24-16-14-22(6,9-3)10-4;;/h11-12H,7-10,13-16H2,1-6H3;2*1H/q+2;;/p-2. The number of ether oxygens (including phenoxy) is 2. The van der Waals surface area contributed by atoms with E-state index in [0.717, 1.165) is 48.2 Å². The predicted octanol–water partition coefficient (Wildman–Crippen LogP) is -3.78. The van der Waals surface area contributed by atoms with Crippen molar-refractivity contribution < 1.29 is 66.4 Å². The predicted molar refractivity (Wildman–Crippen MR) is 97.3 cm³/mol. The molecule has 0 saturated heterocycles. The highest BCUT2D eigenvalue weighted by molar-refractivity contribution is 5.15. The van der Waals surface area contributed by atoms with Gasteiger partial charge in [-0.15, -0.1) is 10.2 Å². The molecule has 1 rings (SSSR count). The van der Waals surface area contributed by atoms with Gasteiger partial charge in [0.25, 0.3) is 0 Å². The Morgan fingerprint density at radius 1 is 0.692 bits per heavy atom. The summed E-state index contributed by atoms with van der Waals surface area (Å²) in [5.74, 6) is 1.12. The van der Waals surface area contributed by atoms with Crippen molar-refractivity contribution in [3.63, 3.8) is 0 Å². The zero-order chi connectivity index (χ0) is 18.1. The first kappa shape index (κ1) is 28.3. The number of nitrogens with zero attached hydrogens (tertiary/aromatic N) is 4. The molecule has 1 aromatic rings. The van der Waals surface area contributed by atoms with E-state index in [1.54, 1.807) is 0 Å². The number of quaternary nitrogens is 2.